The monoisotopic (exact) mass is 279 g/mol. The van der Waals surface area contributed by atoms with E-state index in [4.69, 9.17) is 0 Å². The highest BCUT2D eigenvalue weighted by Crippen LogP contribution is 2.28. The van der Waals surface area contributed by atoms with E-state index < -0.39 is 5.60 Å². The summed E-state index contributed by atoms with van der Waals surface area (Å²) in [6.07, 6.45) is 7.51. The molecule has 1 aromatic heterocycles. The number of aliphatic hydroxyl groups is 1. The fraction of sp³-hybridized carbons (Fsp3) is 0.812. The highest BCUT2D eigenvalue weighted by molar-refractivity contribution is 5.23. The Labute approximate surface area is 122 Å². The number of nitrogens with one attached hydrogen (secondary N) is 1. The zero-order valence-electron chi connectivity index (χ0n) is 13.4. The molecule has 20 heavy (non-hydrogen) atoms. The first-order chi connectivity index (χ1) is 9.30. The normalized spacial score (nSPS) is 19.2. The molecular weight excluding hydrogens is 250 g/mol. The van der Waals surface area contributed by atoms with E-state index in [9.17, 15) is 5.11 Å². The maximum atomic E-state index is 10.5. The third-order valence-electron chi connectivity index (χ3n) is 4.17. The molecule has 0 amide bonds. The summed E-state index contributed by atoms with van der Waals surface area (Å²) >= 11 is 0. The van der Waals surface area contributed by atoms with Crippen molar-refractivity contribution in [1.29, 1.82) is 0 Å². The van der Waals surface area contributed by atoms with Crippen molar-refractivity contribution in [3.8, 4) is 0 Å². The molecule has 2 rings (SSSR count). The number of rotatable bonds is 4. The average molecular weight is 279 g/mol. The van der Waals surface area contributed by atoms with Crippen LogP contribution in [0.1, 0.15) is 64.1 Å². The first-order valence-electron chi connectivity index (χ1n) is 7.76. The molecule has 4 heteroatoms. The highest BCUT2D eigenvalue weighted by atomic mass is 16.3. The molecule has 0 aromatic carbocycles. The van der Waals surface area contributed by atoms with Crippen molar-refractivity contribution < 1.29 is 5.11 Å². The average Bonchev–Trinajstić information content (AvgIpc) is 2.71. The van der Waals surface area contributed by atoms with Crippen molar-refractivity contribution in [2.45, 2.75) is 70.4 Å². The molecular formula is C16H29N3O. The second kappa shape index (κ2) is 5.86. The molecule has 1 aliphatic carbocycles. The minimum Gasteiger partial charge on any atom is -0.389 e. The van der Waals surface area contributed by atoms with Gasteiger partial charge in [0.2, 0.25) is 0 Å². The molecule has 1 aromatic rings. The van der Waals surface area contributed by atoms with Crippen LogP contribution in [-0.4, -0.2) is 27.0 Å². The lowest BCUT2D eigenvalue weighted by molar-refractivity contribution is 0.00465. The molecule has 1 aliphatic rings. The largest absolute Gasteiger partial charge is 0.389 e. The van der Waals surface area contributed by atoms with E-state index in [0.717, 1.165) is 37.9 Å². The zero-order valence-corrected chi connectivity index (χ0v) is 13.4. The maximum absolute atomic E-state index is 10.5. The van der Waals surface area contributed by atoms with Crippen molar-refractivity contribution in [3.63, 3.8) is 0 Å². The molecule has 2 N–H and O–H groups in total. The van der Waals surface area contributed by atoms with Gasteiger partial charge >= 0.3 is 0 Å². The van der Waals surface area contributed by atoms with E-state index in [-0.39, 0.29) is 5.41 Å². The molecule has 1 saturated carbocycles. The molecule has 0 bridgehead atoms. The maximum Gasteiger partial charge on any atom is 0.0771 e. The van der Waals surface area contributed by atoms with E-state index in [1.165, 1.54) is 12.0 Å². The van der Waals surface area contributed by atoms with Crippen molar-refractivity contribution in [2.75, 3.05) is 6.54 Å². The van der Waals surface area contributed by atoms with E-state index in [1.54, 1.807) is 0 Å². The lowest BCUT2D eigenvalue weighted by atomic mass is 9.85. The Morgan fingerprint density at radius 1 is 1.30 bits per heavy atom. The highest BCUT2D eigenvalue weighted by Gasteiger charge is 2.29. The summed E-state index contributed by atoms with van der Waals surface area (Å²) < 4.78 is 1.88. The minimum absolute atomic E-state index is 0.0556. The van der Waals surface area contributed by atoms with Crippen LogP contribution < -0.4 is 5.32 Å². The number of nitrogens with zero attached hydrogens (tertiary/aromatic N) is 2. The van der Waals surface area contributed by atoms with Gasteiger partial charge in [-0.2, -0.15) is 5.10 Å². The predicted octanol–water partition coefficient (Wildman–Crippen LogP) is 2.50. The van der Waals surface area contributed by atoms with Gasteiger partial charge in [0.1, 0.15) is 0 Å². The van der Waals surface area contributed by atoms with E-state index in [1.807, 2.05) is 11.7 Å². The van der Waals surface area contributed by atoms with Crippen LogP contribution in [0.25, 0.3) is 0 Å². The Morgan fingerprint density at radius 3 is 2.55 bits per heavy atom. The van der Waals surface area contributed by atoms with Crippen molar-refractivity contribution in [3.05, 3.63) is 17.5 Å². The predicted molar refractivity (Wildman–Crippen MR) is 81.6 cm³/mol. The molecule has 0 radical (unpaired) electrons. The lowest BCUT2D eigenvalue weighted by Crippen LogP contribution is -2.42. The Bertz CT molecular complexity index is 439. The fourth-order valence-corrected chi connectivity index (χ4v) is 3.12. The van der Waals surface area contributed by atoms with Gasteiger partial charge in [-0.3, -0.25) is 4.68 Å². The summed E-state index contributed by atoms with van der Waals surface area (Å²) in [4.78, 5) is 0. The summed E-state index contributed by atoms with van der Waals surface area (Å²) in [6, 6.07) is 0. The second-order valence-electron chi connectivity index (χ2n) is 7.32. The van der Waals surface area contributed by atoms with Crippen LogP contribution in [0.5, 0.6) is 0 Å². The number of aryl methyl sites for hydroxylation is 1. The summed E-state index contributed by atoms with van der Waals surface area (Å²) in [5.41, 5.74) is 1.94. The van der Waals surface area contributed by atoms with Crippen LogP contribution in [0.4, 0.5) is 0 Å². The summed E-state index contributed by atoms with van der Waals surface area (Å²) in [7, 11) is 1.97. The molecule has 0 saturated heterocycles. The third kappa shape index (κ3) is 3.83. The van der Waals surface area contributed by atoms with Gasteiger partial charge in [0.05, 0.1) is 11.3 Å². The summed E-state index contributed by atoms with van der Waals surface area (Å²) in [5, 5.41) is 18.5. The van der Waals surface area contributed by atoms with E-state index >= 15 is 0 Å². The van der Waals surface area contributed by atoms with Crippen molar-refractivity contribution in [1.82, 2.24) is 15.1 Å². The van der Waals surface area contributed by atoms with Gasteiger partial charge in [-0.05, 0) is 12.8 Å². The van der Waals surface area contributed by atoms with Crippen molar-refractivity contribution in [2.24, 2.45) is 7.05 Å². The Balaban J connectivity index is 1.94. The SMILES string of the molecule is Cn1cc(CNCC2(O)CCCCC2)c(C(C)(C)C)n1. The van der Waals surface area contributed by atoms with Crippen LogP contribution in [0, 0.1) is 0 Å². The fourth-order valence-electron chi connectivity index (χ4n) is 3.12. The molecule has 0 spiro atoms. The van der Waals surface area contributed by atoms with Gasteiger partial charge in [0.15, 0.2) is 0 Å². The van der Waals surface area contributed by atoms with Gasteiger partial charge < -0.3 is 10.4 Å². The molecule has 4 nitrogen and oxygen atoms in total. The molecule has 114 valence electrons. The second-order valence-corrected chi connectivity index (χ2v) is 7.32. The molecule has 1 fully saturated rings. The van der Waals surface area contributed by atoms with Crippen LogP contribution in [0.15, 0.2) is 6.20 Å². The van der Waals surface area contributed by atoms with Gasteiger partial charge in [-0.15, -0.1) is 0 Å². The quantitative estimate of drug-likeness (QED) is 0.890. The van der Waals surface area contributed by atoms with Crippen LogP contribution in [-0.2, 0) is 19.0 Å². The third-order valence-corrected chi connectivity index (χ3v) is 4.17. The van der Waals surface area contributed by atoms with Crippen LogP contribution in [0.2, 0.25) is 0 Å². The number of hydrogen-bond acceptors (Lipinski definition) is 3. The Hall–Kier alpha value is -0.870. The van der Waals surface area contributed by atoms with Gasteiger partial charge in [-0.1, -0.05) is 40.0 Å². The Kier molecular flexibility index (Phi) is 4.55. The number of aromatic nitrogens is 2. The van der Waals surface area contributed by atoms with Crippen LogP contribution >= 0.6 is 0 Å². The first kappa shape index (κ1) is 15.5. The lowest BCUT2D eigenvalue weighted by Gasteiger charge is -2.32. The van der Waals surface area contributed by atoms with E-state index in [0.29, 0.717) is 6.54 Å². The molecule has 0 unspecified atom stereocenters. The first-order valence-corrected chi connectivity index (χ1v) is 7.76. The number of hydrogen-bond donors (Lipinski definition) is 2. The zero-order chi connectivity index (χ0) is 14.8. The topological polar surface area (TPSA) is 50.1 Å². The van der Waals surface area contributed by atoms with Gasteiger partial charge in [0, 0.05) is 37.3 Å². The molecule has 1 heterocycles. The molecule has 0 atom stereocenters. The van der Waals surface area contributed by atoms with Crippen LogP contribution in [0.3, 0.4) is 0 Å². The summed E-state index contributed by atoms with van der Waals surface area (Å²) in [5.74, 6) is 0. The van der Waals surface area contributed by atoms with Gasteiger partial charge in [0.25, 0.3) is 0 Å². The van der Waals surface area contributed by atoms with Gasteiger partial charge in [-0.25, -0.2) is 0 Å². The smallest absolute Gasteiger partial charge is 0.0771 e. The molecule has 0 aliphatic heterocycles. The minimum atomic E-state index is -0.498. The summed E-state index contributed by atoms with van der Waals surface area (Å²) in [6.45, 7) is 8.03. The Morgan fingerprint density at radius 2 is 1.95 bits per heavy atom. The van der Waals surface area contributed by atoms with Crippen molar-refractivity contribution >= 4 is 0 Å². The standard InChI is InChI=1S/C16H29N3O/c1-15(2,3)14-13(11-19(4)18-14)10-17-12-16(20)8-6-5-7-9-16/h11,17,20H,5-10,12H2,1-4H3. The van der Waals surface area contributed by atoms with E-state index in [2.05, 4.69) is 37.4 Å².